The Morgan fingerprint density at radius 2 is 1.97 bits per heavy atom. The van der Waals surface area contributed by atoms with Crippen LogP contribution in [0.5, 0.6) is 0 Å². The van der Waals surface area contributed by atoms with Crippen LogP contribution in [0.3, 0.4) is 0 Å². The van der Waals surface area contributed by atoms with Gasteiger partial charge in [-0.05, 0) is 56.0 Å². The van der Waals surface area contributed by atoms with Gasteiger partial charge in [-0.3, -0.25) is 4.79 Å². The van der Waals surface area contributed by atoms with E-state index >= 15 is 0 Å². The number of Topliss-reactive ketones (excluding diaryl/α,β-unsaturated/α-hetero) is 1. The largest absolute Gasteiger partial charge is 0.463 e. The van der Waals surface area contributed by atoms with Crippen LogP contribution in [0.15, 0.2) is 57.3 Å². The zero-order valence-corrected chi connectivity index (χ0v) is 20.0. The minimum absolute atomic E-state index is 0.00511. The molecular weight excluding hydrogens is 449 g/mol. The number of carbonyl (C=O) groups is 2. The predicted molar refractivity (Wildman–Crippen MR) is 124 cm³/mol. The molecule has 32 heavy (non-hydrogen) atoms. The summed E-state index contributed by atoms with van der Waals surface area (Å²) in [4.78, 5) is 26.2. The summed E-state index contributed by atoms with van der Waals surface area (Å²) in [6.07, 6.45) is 1.10. The maximum absolute atomic E-state index is 13.3. The molecule has 1 aromatic carbocycles. The molecule has 2 aromatic rings. The molecule has 0 saturated heterocycles. The normalized spacial score (nSPS) is 20.2. The van der Waals surface area contributed by atoms with Gasteiger partial charge in [0.1, 0.15) is 11.5 Å². The van der Waals surface area contributed by atoms with Crippen LogP contribution >= 0.6 is 23.2 Å². The Morgan fingerprint density at radius 1 is 1.22 bits per heavy atom. The van der Waals surface area contributed by atoms with Gasteiger partial charge in [-0.15, -0.1) is 0 Å². The van der Waals surface area contributed by atoms with Gasteiger partial charge in [0.05, 0.1) is 23.1 Å². The first-order valence-electron chi connectivity index (χ1n) is 10.6. The van der Waals surface area contributed by atoms with Crippen LogP contribution in [-0.4, -0.2) is 18.4 Å². The van der Waals surface area contributed by atoms with Gasteiger partial charge in [0, 0.05) is 34.0 Å². The first-order valence-corrected chi connectivity index (χ1v) is 11.3. The van der Waals surface area contributed by atoms with Crippen LogP contribution in [0.2, 0.25) is 10.0 Å². The molecule has 4 rings (SSSR count). The number of halogens is 2. The number of esters is 1. The molecule has 0 spiro atoms. The molecule has 1 aromatic heterocycles. The molecule has 7 heteroatoms. The molecule has 1 aliphatic heterocycles. The Balaban J connectivity index is 1.85. The molecule has 0 fully saturated rings. The third kappa shape index (κ3) is 4.12. The molecule has 0 unspecified atom stereocenters. The van der Waals surface area contributed by atoms with Crippen LogP contribution in [-0.2, 0) is 14.3 Å². The van der Waals surface area contributed by atoms with Crippen molar-refractivity contribution in [1.29, 1.82) is 0 Å². The molecule has 0 bridgehead atoms. The highest BCUT2D eigenvalue weighted by Crippen LogP contribution is 2.47. The Labute approximate surface area is 197 Å². The summed E-state index contributed by atoms with van der Waals surface area (Å²) in [5.41, 5.74) is 2.98. The van der Waals surface area contributed by atoms with E-state index in [0.717, 1.165) is 5.70 Å². The minimum atomic E-state index is -0.645. The number of rotatable bonds is 4. The maximum atomic E-state index is 13.3. The van der Waals surface area contributed by atoms with Gasteiger partial charge in [-0.2, -0.15) is 0 Å². The highest BCUT2D eigenvalue weighted by Gasteiger charge is 2.44. The quantitative estimate of drug-likeness (QED) is 0.518. The molecule has 5 nitrogen and oxygen atoms in total. The van der Waals surface area contributed by atoms with Crippen molar-refractivity contribution in [3.8, 4) is 11.3 Å². The standard InChI is InChI=1S/C25H25Cl2NO4/c1-5-31-24(30)21-13(2)28-17-11-25(3,4)12-18(29)22(17)23(21)20-9-8-19(32-20)15-7-6-14(26)10-16(15)27/h6-10,23,28H,5,11-12H2,1-4H3/t23-/m0/s1. The van der Waals surface area contributed by atoms with Gasteiger partial charge in [0.15, 0.2) is 5.78 Å². The van der Waals surface area contributed by atoms with Gasteiger partial charge >= 0.3 is 5.97 Å². The average Bonchev–Trinajstić information content (AvgIpc) is 3.15. The van der Waals surface area contributed by atoms with Gasteiger partial charge in [-0.25, -0.2) is 4.79 Å². The number of dihydropyridines is 1. The van der Waals surface area contributed by atoms with E-state index in [0.29, 0.717) is 56.8 Å². The van der Waals surface area contributed by atoms with Gasteiger partial charge in [0.25, 0.3) is 0 Å². The Bertz CT molecular complexity index is 1170. The fraction of sp³-hybridized carbons (Fsp3) is 0.360. The minimum Gasteiger partial charge on any atom is -0.463 e. The van der Waals surface area contributed by atoms with E-state index in [2.05, 4.69) is 19.2 Å². The lowest BCUT2D eigenvalue weighted by Crippen LogP contribution is -2.38. The summed E-state index contributed by atoms with van der Waals surface area (Å²) >= 11 is 12.4. The number of furan rings is 1. The monoisotopic (exact) mass is 473 g/mol. The summed E-state index contributed by atoms with van der Waals surface area (Å²) in [7, 11) is 0. The van der Waals surface area contributed by atoms with E-state index in [9.17, 15) is 9.59 Å². The smallest absolute Gasteiger partial charge is 0.336 e. The van der Waals surface area contributed by atoms with Crippen LogP contribution < -0.4 is 5.32 Å². The van der Waals surface area contributed by atoms with E-state index in [-0.39, 0.29) is 17.8 Å². The number of allylic oxidation sites excluding steroid dienone is 3. The summed E-state index contributed by atoms with van der Waals surface area (Å²) in [6.45, 7) is 7.96. The van der Waals surface area contributed by atoms with Crippen molar-refractivity contribution < 1.29 is 18.7 Å². The molecule has 2 heterocycles. The molecule has 1 atom stereocenters. The summed E-state index contributed by atoms with van der Waals surface area (Å²) in [5, 5.41) is 4.29. The van der Waals surface area contributed by atoms with Crippen LogP contribution in [0, 0.1) is 5.41 Å². The Hall–Kier alpha value is -2.50. The van der Waals surface area contributed by atoms with Crippen LogP contribution in [0.4, 0.5) is 0 Å². The molecule has 168 valence electrons. The van der Waals surface area contributed by atoms with Crippen molar-refractivity contribution >= 4 is 35.0 Å². The van der Waals surface area contributed by atoms with Crippen molar-refractivity contribution in [3.05, 3.63) is 68.7 Å². The second-order valence-corrected chi connectivity index (χ2v) is 9.82. The van der Waals surface area contributed by atoms with E-state index in [4.69, 9.17) is 32.4 Å². The number of carbonyl (C=O) groups excluding carboxylic acids is 2. The third-order valence-electron chi connectivity index (χ3n) is 5.84. The van der Waals surface area contributed by atoms with Crippen molar-refractivity contribution in [1.82, 2.24) is 5.32 Å². The van der Waals surface area contributed by atoms with E-state index < -0.39 is 11.9 Å². The SMILES string of the molecule is CCOC(=O)C1=C(C)NC2=C(C(=O)CC(C)(C)C2)[C@H]1c1ccc(-c2ccc(Cl)cc2Cl)o1. The molecular formula is C25H25Cl2NO4. The zero-order valence-electron chi connectivity index (χ0n) is 18.5. The zero-order chi connectivity index (χ0) is 23.2. The fourth-order valence-corrected chi connectivity index (χ4v) is 5.04. The average molecular weight is 474 g/mol. The van der Waals surface area contributed by atoms with Crippen LogP contribution in [0.25, 0.3) is 11.3 Å². The Morgan fingerprint density at radius 3 is 2.66 bits per heavy atom. The first kappa shape index (κ1) is 22.7. The van der Waals surface area contributed by atoms with Crippen molar-refractivity contribution in [2.45, 2.75) is 46.5 Å². The summed E-state index contributed by atoms with van der Waals surface area (Å²) in [6, 6.07) is 8.74. The summed E-state index contributed by atoms with van der Waals surface area (Å²) < 4.78 is 11.5. The lowest BCUT2D eigenvalue weighted by atomic mass is 9.69. The molecule has 0 saturated carbocycles. The predicted octanol–water partition coefficient (Wildman–Crippen LogP) is 6.42. The number of benzene rings is 1. The maximum Gasteiger partial charge on any atom is 0.336 e. The molecule has 1 N–H and O–H groups in total. The highest BCUT2D eigenvalue weighted by molar-refractivity contribution is 6.36. The van der Waals surface area contributed by atoms with Gasteiger partial charge < -0.3 is 14.5 Å². The molecule has 2 aliphatic rings. The number of hydrogen-bond donors (Lipinski definition) is 1. The van der Waals surface area contributed by atoms with Crippen LogP contribution in [0.1, 0.15) is 52.2 Å². The molecule has 1 aliphatic carbocycles. The molecule has 0 amide bonds. The summed E-state index contributed by atoms with van der Waals surface area (Å²) in [5.74, 6) is -0.0734. The lowest BCUT2D eigenvalue weighted by molar-refractivity contribution is -0.138. The first-order chi connectivity index (χ1) is 15.1. The second kappa shape index (κ2) is 8.45. The topological polar surface area (TPSA) is 68.5 Å². The molecule has 0 radical (unpaired) electrons. The number of nitrogens with one attached hydrogen (secondary N) is 1. The fourth-order valence-electron chi connectivity index (χ4n) is 4.54. The van der Waals surface area contributed by atoms with Crippen molar-refractivity contribution in [2.24, 2.45) is 5.41 Å². The number of hydrogen-bond acceptors (Lipinski definition) is 5. The highest BCUT2D eigenvalue weighted by atomic mass is 35.5. The lowest BCUT2D eigenvalue weighted by Gasteiger charge is -2.38. The van der Waals surface area contributed by atoms with Gasteiger partial charge in [0.2, 0.25) is 0 Å². The van der Waals surface area contributed by atoms with Crippen molar-refractivity contribution in [3.63, 3.8) is 0 Å². The number of ether oxygens (including phenoxy) is 1. The third-order valence-corrected chi connectivity index (χ3v) is 6.39. The second-order valence-electron chi connectivity index (χ2n) is 8.98. The Kier molecular flexibility index (Phi) is 5.99. The van der Waals surface area contributed by atoms with E-state index in [1.165, 1.54) is 0 Å². The van der Waals surface area contributed by atoms with E-state index in [1.807, 2.05) is 6.92 Å². The van der Waals surface area contributed by atoms with Crippen molar-refractivity contribution in [2.75, 3.05) is 6.61 Å². The van der Waals surface area contributed by atoms with Gasteiger partial charge in [-0.1, -0.05) is 37.0 Å². The van der Waals surface area contributed by atoms with E-state index in [1.54, 1.807) is 37.3 Å². The number of ketones is 1.